The molecule has 1 aliphatic heterocycles. The van der Waals surface area contributed by atoms with Crippen molar-refractivity contribution in [3.05, 3.63) is 6.33 Å². The Balaban J connectivity index is 1.49. The van der Waals surface area contributed by atoms with Crippen molar-refractivity contribution in [3.8, 4) is 5.88 Å². The van der Waals surface area contributed by atoms with Crippen molar-refractivity contribution >= 4 is 42.2 Å². The summed E-state index contributed by atoms with van der Waals surface area (Å²) in [5.74, 6) is 0.839. The van der Waals surface area contributed by atoms with Gasteiger partial charge in [0, 0.05) is 11.7 Å². The van der Waals surface area contributed by atoms with Gasteiger partial charge in [0.15, 0.2) is 16.3 Å². The summed E-state index contributed by atoms with van der Waals surface area (Å²) in [6.07, 6.45) is 1.65. The van der Waals surface area contributed by atoms with E-state index in [4.69, 9.17) is 24.3 Å². The predicted octanol–water partition coefficient (Wildman–Crippen LogP) is 2.43. The van der Waals surface area contributed by atoms with Gasteiger partial charge in [0.05, 0.1) is 44.3 Å². The molecule has 0 saturated carbocycles. The Labute approximate surface area is 202 Å². The lowest BCUT2D eigenvalue weighted by molar-refractivity contribution is -0.119. The average Bonchev–Trinajstić information content (AvgIpc) is 3.38. The molecule has 1 unspecified atom stereocenters. The molecule has 1 aliphatic rings. The number of ether oxygens (including phenoxy) is 2. The fraction of sp³-hybridized carbons (Fsp3) is 0.700. The van der Waals surface area contributed by atoms with Gasteiger partial charge in [-0.05, 0) is 27.2 Å². The maximum Gasteiger partial charge on any atom is 0.319 e. The number of nitrogens with two attached hydrogens (primary N) is 1. The number of carbonyl (C=O) groups is 1. The molecule has 14 heteroatoms. The molecule has 1 fully saturated rings. The molecule has 12 nitrogen and oxygen atoms in total. The topological polar surface area (TPSA) is 161 Å². The lowest BCUT2D eigenvalue weighted by atomic mass is 9.97. The van der Waals surface area contributed by atoms with Crippen LogP contribution in [0.4, 0.5) is 5.95 Å². The van der Waals surface area contributed by atoms with Crippen molar-refractivity contribution in [1.82, 2.24) is 19.5 Å². The number of aliphatic hydroxyl groups is 1. The molecule has 2 aromatic heterocycles. The molecule has 0 radical (unpaired) electrons. The number of rotatable bonds is 12. The molecule has 190 valence electrons. The minimum absolute atomic E-state index is 0.0822. The molecule has 0 spiro atoms. The van der Waals surface area contributed by atoms with Gasteiger partial charge in [-0.15, -0.1) is 0 Å². The van der Waals surface area contributed by atoms with E-state index in [1.807, 2.05) is 13.8 Å². The molecular weight excluding hydrogens is 485 g/mol. The molecule has 0 bridgehead atoms. The number of aliphatic hydroxyl groups excluding tert-OH is 1. The first-order chi connectivity index (χ1) is 16.2. The normalized spacial score (nSPS) is 21.7. The van der Waals surface area contributed by atoms with Crippen molar-refractivity contribution < 1.29 is 33.0 Å². The summed E-state index contributed by atoms with van der Waals surface area (Å²) in [5, 5.41) is 9.07. The van der Waals surface area contributed by atoms with Gasteiger partial charge < -0.3 is 29.4 Å². The number of nitrogens with zero attached hydrogens (tertiary/aromatic N) is 4. The highest BCUT2D eigenvalue weighted by Gasteiger charge is 2.35. The Morgan fingerprint density at radius 1 is 1.41 bits per heavy atom. The van der Waals surface area contributed by atoms with E-state index in [9.17, 15) is 14.5 Å². The standard InChI is InChI=1S/C20H32N5O7PS/c1-5-29-16-14-15(23-19(21)24-16)25(11-22-14)17-12(2)8-13(32-17)9-31-33(28)30-6-7-34-18(27)20(3,4)10-26/h11-13,17,26,33H,5-10H2,1-4H3,(H2,21,23,24)/t12-,13-,17+/m0/s1. The minimum atomic E-state index is -2.73. The Kier molecular flexibility index (Phi) is 9.30. The molecule has 0 aromatic carbocycles. The van der Waals surface area contributed by atoms with Gasteiger partial charge in [0.2, 0.25) is 11.8 Å². The van der Waals surface area contributed by atoms with Gasteiger partial charge in [-0.1, -0.05) is 18.7 Å². The van der Waals surface area contributed by atoms with E-state index in [1.165, 1.54) is 0 Å². The van der Waals surface area contributed by atoms with E-state index in [0.29, 0.717) is 35.8 Å². The van der Waals surface area contributed by atoms with Crippen LogP contribution in [0.2, 0.25) is 0 Å². The number of anilines is 1. The third-order valence-electron chi connectivity index (χ3n) is 5.29. The third-order valence-corrected chi connectivity index (χ3v) is 7.31. The number of carbonyl (C=O) groups excluding carboxylic acids is 1. The summed E-state index contributed by atoms with van der Waals surface area (Å²) >= 11 is 1.03. The summed E-state index contributed by atoms with van der Waals surface area (Å²) in [4.78, 5) is 24.7. The second-order valence-corrected chi connectivity index (χ2v) is 10.7. The summed E-state index contributed by atoms with van der Waals surface area (Å²) in [6.45, 7) is 7.61. The highest BCUT2D eigenvalue weighted by atomic mass is 32.2. The number of thioether (sulfide) groups is 1. The summed E-state index contributed by atoms with van der Waals surface area (Å²) < 4.78 is 36.1. The molecule has 3 N–H and O–H groups in total. The highest BCUT2D eigenvalue weighted by Crippen LogP contribution is 2.38. The maximum absolute atomic E-state index is 12.1. The molecule has 3 rings (SSSR count). The van der Waals surface area contributed by atoms with Crippen LogP contribution in [0.3, 0.4) is 0 Å². The zero-order valence-corrected chi connectivity index (χ0v) is 21.5. The molecule has 3 heterocycles. The second kappa shape index (κ2) is 11.8. The van der Waals surface area contributed by atoms with Crippen molar-refractivity contribution in [2.45, 2.75) is 46.4 Å². The maximum atomic E-state index is 12.1. The van der Waals surface area contributed by atoms with Gasteiger partial charge in [-0.3, -0.25) is 13.9 Å². The average molecular weight is 518 g/mol. The van der Waals surface area contributed by atoms with Gasteiger partial charge in [0.1, 0.15) is 6.23 Å². The quantitative estimate of drug-likeness (QED) is 0.313. The molecule has 4 atom stereocenters. The summed E-state index contributed by atoms with van der Waals surface area (Å²) in [7, 11) is -2.73. The zero-order chi connectivity index (χ0) is 24.9. The first-order valence-corrected chi connectivity index (χ1v) is 13.2. The van der Waals surface area contributed by atoms with Crippen LogP contribution in [0.5, 0.6) is 5.88 Å². The number of nitrogen functional groups attached to an aromatic ring is 1. The van der Waals surface area contributed by atoms with Crippen LogP contribution in [-0.4, -0.2) is 68.0 Å². The Bertz CT molecular complexity index is 1020. The largest absolute Gasteiger partial charge is 0.476 e. The molecule has 0 aliphatic carbocycles. The van der Waals surface area contributed by atoms with Crippen molar-refractivity contribution in [2.24, 2.45) is 11.3 Å². The van der Waals surface area contributed by atoms with Gasteiger partial charge in [-0.25, -0.2) is 4.98 Å². The fourth-order valence-electron chi connectivity index (χ4n) is 3.42. The number of fused-ring (bicyclic) bond motifs is 1. The van der Waals surface area contributed by atoms with Crippen molar-refractivity contribution in [2.75, 3.05) is 37.9 Å². The zero-order valence-electron chi connectivity index (χ0n) is 19.7. The monoisotopic (exact) mass is 517 g/mol. The number of aromatic nitrogens is 4. The SMILES string of the molecule is CCOc1nc(N)nc2c1ncn2[C@@H]1O[C@H](CO[PH](=O)OCCSC(=O)C(C)(C)CO)C[C@@H]1C. The first kappa shape index (κ1) is 26.8. The van der Waals surface area contributed by atoms with Crippen LogP contribution >= 0.6 is 20.0 Å². The van der Waals surface area contributed by atoms with Crippen LogP contribution in [0.15, 0.2) is 6.33 Å². The van der Waals surface area contributed by atoms with E-state index in [1.54, 1.807) is 24.7 Å². The van der Waals surface area contributed by atoms with E-state index >= 15 is 0 Å². The predicted molar refractivity (Wildman–Crippen MR) is 128 cm³/mol. The molecule has 34 heavy (non-hydrogen) atoms. The number of hydrogen-bond donors (Lipinski definition) is 2. The van der Waals surface area contributed by atoms with Gasteiger partial charge >= 0.3 is 8.25 Å². The van der Waals surface area contributed by atoms with Crippen molar-refractivity contribution in [3.63, 3.8) is 0 Å². The van der Waals surface area contributed by atoms with Gasteiger partial charge in [0.25, 0.3) is 0 Å². The third kappa shape index (κ3) is 6.46. The van der Waals surface area contributed by atoms with E-state index in [2.05, 4.69) is 15.0 Å². The molecule has 1 saturated heterocycles. The van der Waals surface area contributed by atoms with Crippen LogP contribution in [0.25, 0.3) is 11.2 Å². The van der Waals surface area contributed by atoms with Crippen LogP contribution in [-0.2, 0) is 23.1 Å². The number of imidazole rings is 1. The fourth-order valence-corrected chi connectivity index (χ4v) is 5.05. The van der Waals surface area contributed by atoms with Gasteiger partial charge in [-0.2, -0.15) is 9.97 Å². The second-order valence-electron chi connectivity index (χ2n) is 8.59. The van der Waals surface area contributed by atoms with Crippen LogP contribution < -0.4 is 10.5 Å². The Hall–Kier alpha value is -1.76. The molecular formula is C20H32N5O7PS. The Morgan fingerprint density at radius 2 is 2.18 bits per heavy atom. The van der Waals surface area contributed by atoms with E-state index in [-0.39, 0.29) is 49.1 Å². The van der Waals surface area contributed by atoms with Crippen LogP contribution in [0.1, 0.15) is 40.3 Å². The Morgan fingerprint density at radius 3 is 2.88 bits per heavy atom. The lowest BCUT2D eigenvalue weighted by Crippen LogP contribution is -2.26. The van der Waals surface area contributed by atoms with Crippen molar-refractivity contribution in [1.29, 1.82) is 0 Å². The number of hydrogen-bond acceptors (Lipinski definition) is 12. The van der Waals surface area contributed by atoms with Crippen LogP contribution in [0, 0.1) is 11.3 Å². The molecule has 0 amide bonds. The van der Waals surface area contributed by atoms with E-state index < -0.39 is 13.7 Å². The lowest BCUT2D eigenvalue weighted by Gasteiger charge is -2.18. The first-order valence-electron chi connectivity index (χ1n) is 11.0. The summed E-state index contributed by atoms with van der Waals surface area (Å²) in [5.41, 5.74) is 6.04. The minimum Gasteiger partial charge on any atom is -0.476 e. The van der Waals surface area contributed by atoms with E-state index in [0.717, 1.165) is 11.8 Å². The molecule has 2 aromatic rings. The summed E-state index contributed by atoms with van der Waals surface area (Å²) in [6, 6.07) is 0. The smallest absolute Gasteiger partial charge is 0.319 e. The highest BCUT2D eigenvalue weighted by molar-refractivity contribution is 8.13.